The Morgan fingerprint density at radius 3 is 2.46 bits per heavy atom. The van der Waals surface area contributed by atoms with E-state index in [0.29, 0.717) is 12.4 Å². The average molecular weight is 327 g/mol. The Balaban J connectivity index is 1.75. The molecule has 0 N–H and O–H groups in total. The second-order valence-corrected chi connectivity index (χ2v) is 5.39. The third kappa shape index (κ3) is 6.52. The fourth-order valence-corrected chi connectivity index (χ4v) is 1.87. The van der Waals surface area contributed by atoms with Gasteiger partial charge in [-0.05, 0) is 49.2 Å². The molecule has 2 rings (SSSR count). The monoisotopic (exact) mass is 327 g/mol. The van der Waals surface area contributed by atoms with Crippen LogP contribution < -0.4 is 4.74 Å². The first-order valence-electron chi connectivity index (χ1n) is 7.75. The number of rotatable bonds is 8. The van der Waals surface area contributed by atoms with Crippen molar-refractivity contribution in [1.29, 1.82) is 0 Å². The molecule has 0 amide bonds. The van der Waals surface area contributed by atoms with Crippen LogP contribution in [0.2, 0.25) is 0 Å². The first-order chi connectivity index (χ1) is 11.6. The highest BCUT2D eigenvalue weighted by molar-refractivity contribution is 5.79. The van der Waals surface area contributed by atoms with Crippen LogP contribution in [0.4, 0.5) is 0 Å². The number of carbonyl (C=O) groups excluding carboxylic acids is 1. The van der Waals surface area contributed by atoms with E-state index in [1.54, 1.807) is 32.2 Å². The lowest BCUT2D eigenvalue weighted by atomic mass is 10.2. The zero-order chi connectivity index (χ0) is 17.2. The first-order valence-corrected chi connectivity index (χ1v) is 7.75. The lowest BCUT2D eigenvalue weighted by Gasteiger charge is -2.09. The molecule has 0 fully saturated rings. The second-order valence-electron chi connectivity index (χ2n) is 5.39. The zero-order valence-corrected chi connectivity index (χ0v) is 13.8. The summed E-state index contributed by atoms with van der Waals surface area (Å²) in [4.78, 5) is 16.6. The topological polar surface area (TPSA) is 57.1 Å². The highest BCUT2D eigenvalue weighted by Crippen LogP contribution is 2.11. The van der Waals surface area contributed by atoms with Crippen LogP contribution in [-0.2, 0) is 21.0 Å². The van der Waals surface area contributed by atoms with Crippen LogP contribution >= 0.6 is 0 Å². The maximum Gasteiger partial charge on any atom is 0.344 e. The van der Waals surface area contributed by atoms with Crippen molar-refractivity contribution in [3.8, 4) is 5.75 Å². The Morgan fingerprint density at radius 2 is 1.79 bits per heavy atom. The van der Waals surface area contributed by atoms with Crippen LogP contribution in [-0.4, -0.2) is 24.9 Å². The molecule has 0 aliphatic rings. The van der Waals surface area contributed by atoms with Gasteiger partial charge in [-0.3, -0.25) is 0 Å². The number of esters is 1. The van der Waals surface area contributed by atoms with Crippen molar-refractivity contribution in [3.63, 3.8) is 0 Å². The van der Waals surface area contributed by atoms with Crippen LogP contribution in [0.15, 0.2) is 59.8 Å². The van der Waals surface area contributed by atoms with Crippen molar-refractivity contribution in [2.45, 2.75) is 26.6 Å². The zero-order valence-electron chi connectivity index (χ0n) is 13.8. The minimum absolute atomic E-state index is 0.105. The van der Waals surface area contributed by atoms with Gasteiger partial charge >= 0.3 is 5.97 Å². The summed E-state index contributed by atoms with van der Waals surface area (Å²) in [5.74, 6) is 0.211. The van der Waals surface area contributed by atoms with Gasteiger partial charge in [0, 0.05) is 0 Å². The molecular formula is C19H21NO4. The van der Waals surface area contributed by atoms with E-state index in [4.69, 9.17) is 14.3 Å². The number of hydrogen-bond donors (Lipinski definition) is 0. The predicted octanol–water partition coefficient (Wildman–Crippen LogP) is 3.57. The average Bonchev–Trinajstić information content (AvgIpc) is 2.58. The van der Waals surface area contributed by atoms with E-state index in [2.05, 4.69) is 5.16 Å². The third-order valence-corrected chi connectivity index (χ3v) is 2.95. The maximum atomic E-state index is 11.4. The molecular weight excluding hydrogens is 306 g/mol. The van der Waals surface area contributed by atoms with E-state index in [1.807, 2.05) is 42.5 Å². The van der Waals surface area contributed by atoms with Crippen molar-refractivity contribution in [2.75, 3.05) is 6.61 Å². The van der Waals surface area contributed by atoms with Gasteiger partial charge in [-0.2, -0.15) is 0 Å². The van der Waals surface area contributed by atoms with Crippen LogP contribution in [0.3, 0.4) is 0 Å². The van der Waals surface area contributed by atoms with Crippen LogP contribution in [0.5, 0.6) is 5.75 Å². The van der Waals surface area contributed by atoms with Crippen LogP contribution in [0.25, 0.3) is 0 Å². The number of oxime groups is 1. The second kappa shape index (κ2) is 9.35. The molecule has 5 nitrogen and oxygen atoms in total. The Morgan fingerprint density at radius 1 is 1.08 bits per heavy atom. The SMILES string of the molecule is CC(C)OC(=O)COc1ccc(C=NOCc2ccccc2)cc1. The van der Waals surface area contributed by atoms with Crippen LogP contribution in [0, 0.1) is 0 Å². The number of benzene rings is 2. The van der Waals surface area contributed by atoms with Gasteiger partial charge in [0.15, 0.2) is 6.61 Å². The van der Waals surface area contributed by atoms with Gasteiger partial charge in [0.2, 0.25) is 0 Å². The molecule has 0 aromatic heterocycles. The molecule has 2 aromatic carbocycles. The van der Waals surface area contributed by atoms with E-state index in [1.165, 1.54) is 0 Å². The normalized spacial score (nSPS) is 10.8. The summed E-state index contributed by atoms with van der Waals surface area (Å²) in [6, 6.07) is 17.0. The fraction of sp³-hybridized carbons (Fsp3) is 0.263. The largest absolute Gasteiger partial charge is 0.482 e. The van der Waals surface area contributed by atoms with Crippen molar-refractivity contribution >= 4 is 12.2 Å². The fourth-order valence-electron chi connectivity index (χ4n) is 1.87. The highest BCUT2D eigenvalue weighted by atomic mass is 16.6. The summed E-state index contributed by atoms with van der Waals surface area (Å²) >= 11 is 0. The molecule has 0 saturated heterocycles. The number of hydrogen-bond acceptors (Lipinski definition) is 5. The standard InChI is InChI=1S/C19H21NO4/c1-15(2)24-19(21)14-22-18-10-8-16(9-11-18)12-20-23-13-17-6-4-3-5-7-17/h3-12,15H,13-14H2,1-2H3. The van der Waals surface area contributed by atoms with Gasteiger partial charge in [0.05, 0.1) is 12.3 Å². The van der Waals surface area contributed by atoms with E-state index >= 15 is 0 Å². The van der Waals surface area contributed by atoms with Crippen LogP contribution in [0.1, 0.15) is 25.0 Å². The molecule has 0 saturated carbocycles. The summed E-state index contributed by atoms with van der Waals surface area (Å²) in [7, 11) is 0. The summed E-state index contributed by atoms with van der Waals surface area (Å²) in [6.07, 6.45) is 1.48. The van der Waals surface area contributed by atoms with E-state index in [-0.39, 0.29) is 18.7 Å². The number of ether oxygens (including phenoxy) is 2. The number of nitrogens with zero attached hydrogens (tertiary/aromatic N) is 1. The number of carbonyl (C=O) groups is 1. The quantitative estimate of drug-likeness (QED) is 0.422. The Labute approximate surface area is 141 Å². The van der Waals surface area contributed by atoms with Gasteiger partial charge in [0.1, 0.15) is 12.4 Å². The molecule has 2 aromatic rings. The first kappa shape index (κ1) is 17.5. The van der Waals surface area contributed by atoms with Gasteiger partial charge in [-0.15, -0.1) is 0 Å². The lowest BCUT2D eigenvalue weighted by molar-refractivity contribution is -0.149. The Bertz CT molecular complexity index is 651. The highest BCUT2D eigenvalue weighted by Gasteiger charge is 2.06. The molecule has 0 spiro atoms. The Kier molecular flexibility index (Phi) is 6.83. The summed E-state index contributed by atoms with van der Waals surface area (Å²) < 4.78 is 10.4. The molecule has 0 bridgehead atoms. The molecule has 0 unspecified atom stereocenters. The van der Waals surface area contributed by atoms with Gasteiger partial charge in [-0.25, -0.2) is 4.79 Å². The third-order valence-electron chi connectivity index (χ3n) is 2.95. The van der Waals surface area contributed by atoms with Crippen molar-refractivity contribution in [1.82, 2.24) is 0 Å². The summed E-state index contributed by atoms with van der Waals surface area (Å²) in [5, 5.41) is 3.93. The minimum Gasteiger partial charge on any atom is -0.482 e. The van der Waals surface area contributed by atoms with Gasteiger partial charge < -0.3 is 14.3 Å². The molecule has 5 heteroatoms. The van der Waals surface area contributed by atoms with E-state index in [9.17, 15) is 4.79 Å². The van der Waals surface area contributed by atoms with Gasteiger partial charge in [0.25, 0.3) is 0 Å². The summed E-state index contributed by atoms with van der Waals surface area (Å²) in [5.41, 5.74) is 1.94. The molecule has 0 aliphatic carbocycles. The molecule has 0 heterocycles. The summed E-state index contributed by atoms with van der Waals surface area (Å²) in [6.45, 7) is 3.92. The molecule has 0 aliphatic heterocycles. The van der Waals surface area contributed by atoms with Crippen molar-refractivity contribution in [3.05, 3.63) is 65.7 Å². The minimum atomic E-state index is -0.384. The maximum absolute atomic E-state index is 11.4. The lowest BCUT2D eigenvalue weighted by Crippen LogP contribution is -2.18. The van der Waals surface area contributed by atoms with E-state index < -0.39 is 0 Å². The predicted molar refractivity (Wildman–Crippen MR) is 92.0 cm³/mol. The molecule has 126 valence electrons. The molecule has 24 heavy (non-hydrogen) atoms. The molecule has 0 radical (unpaired) electrons. The Hall–Kier alpha value is -2.82. The van der Waals surface area contributed by atoms with Crippen molar-refractivity contribution in [2.24, 2.45) is 5.16 Å². The van der Waals surface area contributed by atoms with Gasteiger partial charge in [-0.1, -0.05) is 35.5 Å². The van der Waals surface area contributed by atoms with E-state index in [0.717, 1.165) is 11.1 Å². The molecule has 0 atom stereocenters. The smallest absolute Gasteiger partial charge is 0.344 e. The van der Waals surface area contributed by atoms with Crippen molar-refractivity contribution < 1.29 is 19.1 Å².